The molecule has 0 spiro atoms. The van der Waals surface area contributed by atoms with E-state index in [9.17, 15) is 0 Å². The van der Waals surface area contributed by atoms with Crippen molar-refractivity contribution in [2.45, 2.75) is 12.8 Å². The summed E-state index contributed by atoms with van der Waals surface area (Å²) < 4.78 is 5.33. The van der Waals surface area contributed by atoms with Crippen LogP contribution in [0.3, 0.4) is 0 Å². The third kappa shape index (κ3) is 2.56. The summed E-state index contributed by atoms with van der Waals surface area (Å²) in [6.07, 6.45) is 4.55. The number of thioether (sulfide) groups is 1. The van der Waals surface area contributed by atoms with Crippen LogP contribution in [0.25, 0.3) is 0 Å². The molecule has 0 saturated carbocycles. The van der Waals surface area contributed by atoms with Crippen LogP contribution in [-0.2, 0) is 4.74 Å². The molecule has 0 atom stereocenters. The van der Waals surface area contributed by atoms with Gasteiger partial charge in [0.15, 0.2) is 0 Å². The molecule has 66 valence electrons. The summed E-state index contributed by atoms with van der Waals surface area (Å²) in [5.41, 5.74) is 0.473. The Labute approximate surface area is 78.7 Å². The van der Waals surface area contributed by atoms with Crippen molar-refractivity contribution in [3.05, 3.63) is 0 Å². The normalized spacial score (nSPS) is 23.5. The van der Waals surface area contributed by atoms with Crippen molar-refractivity contribution in [1.29, 1.82) is 0 Å². The SMILES string of the molecule is CSCC1(CS)CCOCC1. The molecule has 11 heavy (non-hydrogen) atoms. The molecule has 0 aromatic rings. The number of thiol groups is 1. The minimum Gasteiger partial charge on any atom is -0.381 e. The molecule has 1 nitrogen and oxygen atoms in total. The Kier molecular flexibility index (Phi) is 4.10. The lowest BCUT2D eigenvalue weighted by Crippen LogP contribution is -2.33. The first kappa shape index (κ1) is 9.75. The molecule has 1 fully saturated rings. The summed E-state index contributed by atoms with van der Waals surface area (Å²) in [6, 6.07) is 0. The fraction of sp³-hybridized carbons (Fsp3) is 1.00. The molecule has 0 unspecified atom stereocenters. The zero-order valence-electron chi connectivity index (χ0n) is 7.01. The lowest BCUT2D eigenvalue weighted by atomic mass is 9.84. The zero-order valence-corrected chi connectivity index (χ0v) is 8.72. The Balaban J connectivity index is 2.42. The van der Waals surface area contributed by atoms with Crippen LogP contribution in [0.2, 0.25) is 0 Å². The maximum absolute atomic E-state index is 5.33. The molecular weight excluding hydrogens is 176 g/mol. The Morgan fingerprint density at radius 3 is 2.55 bits per heavy atom. The largest absolute Gasteiger partial charge is 0.381 e. The van der Waals surface area contributed by atoms with Crippen molar-refractivity contribution in [2.75, 3.05) is 31.0 Å². The average molecular weight is 192 g/mol. The quantitative estimate of drug-likeness (QED) is 0.686. The third-order valence-electron chi connectivity index (χ3n) is 2.34. The molecule has 0 bridgehead atoms. The highest BCUT2D eigenvalue weighted by Gasteiger charge is 2.30. The van der Waals surface area contributed by atoms with Gasteiger partial charge in [0.25, 0.3) is 0 Å². The summed E-state index contributed by atoms with van der Waals surface area (Å²) in [7, 11) is 0. The van der Waals surface area contributed by atoms with Gasteiger partial charge in [-0.05, 0) is 36.0 Å². The molecule has 3 heteroatoms. The van der Waals surface area contributed by atoms with E-state index in [4.69, 9.17) is 4.74 Å². The lowest BCUT2D eigenvalue weighted by Gasteiger charge is -2.35. The summed E-state index contributed by atoms with van der Waals surface area (Å²) in [5.74, 6) is 2.25. The molecule has 0 aromatic heterocycles. The Bertz CT molecular complexity index is 105. The Hall–Kier alpha value is 0.660. The van der Waals surface area contributed by atoms with Crippen LogP contribution in [0.15, 0.2) is 0 Å². The number of hydrogen-bond acceptors (Lipinski definition) is 3. The van der Waals surface area contributed by atoms with Gasteiger partial charge in [-0.2, -0.15) is 24.4 Å². The van der Waals surface area contributed by atoms with E-state index >= 15 is 0 Å². The van der Waals surface area contributed by atoms with Gasteiger partial charge in [0, 0.05) is 13.2 Å². The van der Waals surface area contributed by atoms with Gasteiger partial charge in [-0.1, -0.05) is 0 Å². The van der Waals surface area contributed by atoms with Gasteiger partial charge >= 0.3 is 0 Å². The number of ether oxygens (including phenoxy) is 1. The fourth-order valence-corrected chi connectivity index (χ4v) is 3.04. The van der Waals surface area contributed by atoms with E-state index in [0.717, 1.165) is 19.0 Å². The monoisotopic (exact) mass is 192 g/mol. The van der Waals surface area contributed by atoms with Gasteiger partial charge < -0.3 is 4.74 Å². The average Bonchev–Trinajstić information content (AvgIpc) is 2.07. The molecule has 0 amide bonds. The molecule has 0 N–H and O–H groups in total. The van der Waals surface area contributed by atoms with E-state index in [1.807, 2.05) is 11.8 Å². The molecule has 1 aliphatic rings. The van der Waals surface area contributed by atoms with Crippen LogP contribution >= 0.6 is 24.4 Å². The summed E-state index contributed by atoms with van der Waals surface area (Å²) in [4.78, 5) is 0. The first-order valence-corrected chi connectivity index (χ1v) is 6.03. The molecule has 1 saturated heterocycles. The van der Waals surface area contributed by atoms with Gasteiger partial charge in [-0.3, -0.25) is 0 Å². The van der Waals surface area contributed by atoms with Gasteiger partial charge in [0.2, 0.25) is 0 Å². The molecule has 1 aliphatic heterocycles. The molecule has 0 radical (unpaired) electrons. The fourth-order valence-electron chi connectivity index (χ4n) is 1.46. The van der Waals surface area contributed by atoms with Crippen LogP contribution in [0, 0.1) is 5.41 Å². The lowest BCUT2D eigenvalue weighted by molar-refractivity contribution is 0.0371. The number of hydrogen-bond donors (Lipinski definition) is 1. The summed E-state index contributed by atoms with van der Waals surface area (Å²) in [5, 5.41) is 0. The second-order valence-corrected chi connectivity index (χ2v) is 4.39. The van der Waals surface area contributed by atoms with E-state index in [-0.39, 0.29) is 0 Å². The predicted octanol–water partition coefficient (Wildman–Crippen LogP) is 2.08. The van der Waals surface area contributed by atoms with E-state index in [1.165, 1.54) is 18.6 Å². The highest BCUT2D eigenvalue weighted by Crippen LogP contribution is 2.34. The van der Waals surface area contributed by atoms with Crippen molar-refractivity contribution < 1.29 is 4.74 Å². The van der Waals surface area contributed by atoms with E-state index in [1.54, 1.807) is 0 Å². The van der Waals surface area contributed by atoms with Crippen LogP contribution in [0.5, 0.6) is 0 Å². The second kappa shape index (κ2) is 4.63. The molecule has 0 aliphatic carbocycles. The Morgan fingerprint density at radius 1 is 1.45 bits per heavy atom. The minimum absolute atomic E-state index is 0.473. The smallest absolute Gasteiger partial charge is 0.0471 e. The van der Waals surface area contributed by atoms with E-state index in [2.05, 4.69) is 18.9 Å². The zero-order chi connectivity index (χ0) is 8.16. The van der Waals surface area contributed by atoms with Crippen molar-refractivity contribution in [2.24, 2.45) is 5.41 Å². The van der Waals surface area contributed by atoms with Gasteiger partial charge in [-0.15, -0.1) is 0 Å². The Morgan fingerprint density at radius 2 is 2.09 bits per heavy atom. The van der Waals surface area contributed by atoms with E-state index in [0.29, 0.717) is 5.41 Å². The summed E-state index contributed by atoms with van der Waals surface area (Å²) in [6.45, 7) is 1.86. The van der Waals surface area contributed by atoms with Crippen LogP contribution < -0.4 is 0 Å². The summed E-state index contributed by atoms with van der Waals surface area (Å²) >= 11 is 6.34. The highest BCUT2D eigenvalue weighted by atomic mass is 32.2. The van der Waals surface area contributed by atoms with Gasteiger partial charge in [0.05, 0.1) is 0 Å². The molecule has 1 rings (SSSR count). The van der Waals surface area contributed by atoms with Gasteiger partial charge in [-0.25, -0.2) is 0 Å². The maximum Gasteiger partial charge on any atom is 0.0471 e. The maximum atomic E-state index is 5.33. The van der Waals surface area contributed by atoms with E-state index < -0.39 is 0 Å². The highest BCUT2D eigenvalue weighted by molar-refractivity contribution is 7.98. The minimum atomic E-state index is 0.473. The molecular formula is C8H16OS2. The first-order chi connectivity index (χ1) is 5.33. The van der Waals surface area contributed by atoms with Crippen molar-refractivity contribution in [3.8, 4) is 0 Å². The molecule has 1 heterocycles. The van der Waals surface area contributed by atoms with Crippen LogP contribution in [-0.4, -0.2) is 31.0 Å². The van der Waals surface area contributed by atoms with Crippen molar-refractivity contribution in [1.82, 2.24) is 0 Å². The standard InChI is InChI=1S/C8H16OS2/c1-11-7-8(6-10)2-4-9-5-3-8/h10H,2-7H2,1H3. The van der Waals surface area contributed by atoms with Crippen LogP contribution in [0.1, 0.15) is 12.8 Å². The van der Waals surface area contributed by atoms with Crippen molar-refractivity contribution in [3.63, 3.8) is 0 Å². The number of rotatable bonds is 3. The first-order valence-electron chi connectivity index (χ1n) is 4.00. The third-order valence-corrected chi connectivity index (χ3v) is 3.91. The molecule has 0 aromatic carbocycles. The second-order valence-electron chi connectivity index (χ2n) is 3.20. The van der Waals surface area contributed by atoms with Crippen molar-refractivity contribution >= 4 is 24.4 Å². The van der Waals surface area contributed by atoms with Crippen LogP contribution in [0.4, 0.5) is 0 Å². The predicted molar refractivity (Wildman–Crippen MR) is 54.7 cm³/mol. The van der Waals surface area contributed by atoms with Gasteiger partial charge in [0.1, 0.15) is 0 Å². The topological polar surface area (TPSA) is 9.23 Å².